The molecule has 2 amide bonds. The van der Waals surface area contributed by atoms with E-state index in [1.807, 2.05) is 11.8 Å². The van der Waals surface area contributed by atoms with Crippen molar-refractivity contribution in [2.45, 2.75) is 25.8 Å². The molecule has 1 fully saturated rings. The number of likely N-dealkylation sites (N-methyl/N-ethyl adjacent to an activating group) is 1. The van der Waals surface area contributed by atoms with E-state index in [1.165, 1.54) is 0 Å². The van der Waals surface area contributed by atoms with E-state index in [4.69, 9.17) is 0 Å². The van der Waals surface area contributed by atoms with Gasteiger partial charge in [-0.2, -0.15) is 0 Å². The van der Waals surface area contributed by atoms with Gasteiger partial charge in [0.25, 0.3) is 0 Å². The van der Waals surface area contributed by atoms with Gasteiger partial charge in [0, 0.05) is 26.1 Å². The van der Waals surface area contributed by atoms with Gasteiger partial charge in [0.1, 0.15) is 0 Å². The first kappa shape index (κ1) is 13.0. The molecule has 1 rings (SSSR count). The Morgan fingerprint density at radius 3 is 2.25 bits per heavy atom. The molecule has 1 heterocycles. The lowest BCUT2D eigenvalue weighted by Gasteiger charge is -2.32. The summed E-state index contributed by atoms with van der Waals surface area (Å²) in [4.78, 5) is 25.1. The molecule has 1 atom stereocenters. The van der Waals surface area contributed by atoms with Gasteiger partial charge < -0.3 is 15.5 Å². The molecule has 0 aliphatic carbocycles. The maximum absolute atomic E-state index is 11.8. The highest BCUT2D eigenvalue weighted by Gasteiger charge is 2.28. The van der Waals surface area contributed by atoms with Gasteiger partial charge in [-0.3, -0.25) is 9.59 Å². The molecule has 5 heteroatoms. The molecule has 1 aliphatic rings. The summed E-state index contributed by atoms with van der Waals surface area (Å²) in [6.45, 7) is 3.22. The Morgan fingerprint density at radius 1 is 1.25 bits per heavy atom. The van der Waals surface area contributed by atoms with Crippen LogP contribution in [0.3, 0.4) is 0 Å². The van der Waals surface area contributed by atoms with Gasteiger partial charge in [0.15, 0.2) is 0 Å². The van der Waals surface area contributed by atoms with Crippen molar-refractivity contribution in [3.63, 3.8) is 0 Å². The summed E-state index contributed by atoms with van der Waals surface area (Å²) in [5.74, 6) is 0.283. The van der Waals surface area contributed by atoms with Gasteiger partial charge in [-0.15, -0.1) is 0 Å². The molecule has 0 spiro atoms. The number of piperidine rings is 1. The first-order valence-corrected chi connectivity index (χ1v) is 5.77. The lowest BCUT2D eigenvalue weighted by molar-refractivity contribution is -0.136. The third-order valence-corrected chi connectivity index (χ3v) is 3.23. The van der Waals surface area contributed by atoms with E-state index in [1.54, 1.807) is 14.1 Å². The number of likely N-dealkylation sites (tertiary alicyclic amines) is 1. The highest BCUT2D eigenvalue weighted by Crippen LogP contribution is 2.17. The highest BCUT2D eigenvalue weighted by molar-refractivity contribution is 5.82. The number of carbonyl (C=O) groups is 2. The Hall–Kier alpha value is -1.10. The van der Waals surface area contributed by atoms with Crippen LogP contribution < -0.4 is 10.6 Å². The smallest absolute Gasteiger partial charge is 0.239 e. The molecule has 0 aromatic rings. The molecule has 0 radical (unpaired) electrons. The molecule has 16 heavy (non-hydrogen) atoms. The van der Waals surface area contributed by atoms with Gasteiger partial charge in [-0.25, -0.2) is 0 Å². The third kappa shape index (κ3) is 2.95. The van der Waals surface area contributed by atoms with Crippen LogP contribution in [-0.2, 0) is 9.59 Å². The van der Waals surface area contributed by atoms with Crippen LogP contribution in [0.5, 0.6) is 0 Å². The van der Waals surface area contributed by atoms with E-state index >= 15 is 0 Å². The van der Waals surface area contributed by atoms with Crippen molar-refractivity contribution in [1.29, 1.82) is 0 Å². The molecule has 0 aromatic carbocycles. The summed E-state index contributed by atoms with van der Waals surface area (Å²) in [5, 5.41) is 5.59. The largest absolute Gasteiger partial charge is 0.359 e. The summed E-state index contributed by atoms with van der Waals surface area (Å²) in [6.07, 6.45) is 1.53. The molecule has 1 unspecified atom stereocenters. The zero-order chi connectivity index (χ0) is 12.1. The Balaban J connectivity index is 2.43. The topological polar surface area (TPSA) is 61.4 Å². The second-order valence-electron chi connectivity index (χ2n) is 4.22. The lowest BCUT2D eigenvalue weighted by atomic mass is 9.95. The quantitative estimate of drug-likeness (QED) is 0.688. The molecular formula is C11H21N3O2. The number of rotatable bonds is 3. The molecule has 92 valence electrons. The molecule has 0 aromatic heterocycles. The van der Waals surface area contributed by atoms with Crippen molar-refractivity contribution >= 4 is 11.8 Å². The summed E-state index contributed by atoms with van der Waals surface area (Å²) in [6, 6.07) is -0.142. The van der Waals surface area contributed by atoms with Crippen molar-refractivity contribution in [3.8, 4) is 0 Å². The number of amides is 2. The van der Waals surface area contributed by atoms with Crippen LogP contribution in [0.4, 0.5) is 0 Å². The maximum atomic E-state index is 11.8. The van der Waals surface area contributed by atoms with Gasteiger partial charge in [0.2, 0.25) is 11.8 Å². The minimum absolute atomic E-state index is 0.0685. The van der Waals surface area contributed by atoms with Crippen LogP contribution >= 0.6 is 0 Å². The van der Waals surface area contributed by atoms with E-state index in [0.29, 0.717) is 13.1 Å². The second kappa shape index (κ2) is 5.84. The van der Waals surface area contributed by atoms with Crippen molar-refractivity contribution in [2.24, 2.45) is 5.92 Å². The van der Waals surface area contributed by atoms with E-state index in [2.05, 4.69) is 10.6 Å². The summed E-state index contributed by atoms with van der Waals surface area (Å²) < 4.78 is 0. The average Bonchev–Trinajstić information content (AvgIpc) is 2.36. The highest BCUT2D eigenvalue weighted by atomic mass is 16.2. The Labute approximate surface area is 96.6 Å². The van der Waals surface area contributed by atoms with E-state index in [9.17, 15) is 9.59 Å². The molecule has 0 saturated carbocycles. The number of nitrogens with one attached hydrogen (secondary N) is 2. The fourth-order valence-corrected chi connectivity index (χ4v) is 1.96. The number of nitrogens with zero attached hydrogens (tertiary/aromatic N) is 1. The first-order chi connectivity index (χ1) is 7.60. The van der Waals surface area contributed by atoms with E-state index in [0.717, 1.165) is 12.8 Å². The zero-order valence-corrected chi connectivity index (χ0v) is 10.2. The monoisotopic (exact) mass is 227 g/mol. The van der Waals surface area contributed by atoms with Gasteiger partial charge in [-0.1, -0.05) is 0 Å². The first-order valence-electron chi connectivity index (χ1n) is 5.77. The molecule has 1 saturated heterocycles. The minimum Gasteiger partial charge on any atom is -0.359 e. The van der Waals surface area contributed by atoms with Crippen LogP contribution in [0.2, 0.25) is 0 Å². The average molecular weight is 227 g/mol. The number of carbonyl (C=O) groups excluding carboxylic acids is 2. The molecule has 1 aliphatic heterocycles. The number of hydrogen-bond donors (Lipinski definition) is 2. The predicted molar refractivity (Wildman–Crippen MR) is 61.9 cm³/mol. The van der Waals surface area contributed by atoms with Crippen LogP contribution in [0.15, 0.2) is 0 Å². The van der Waals surface area contributed by atoms with Crippen molar-refractivity contribution in [1.82, 2.24) is 15.5 Å². The SMILES string of the molecule is CNC(=O)C1CCN(C(=O)C(C)NC)CC1. The van der Waals surface area contributed by atoms with E-state index < -0.39 is 0 Å². The zero-order valence-electron chi connectivity index (χ0n) is 10.2. The Kier molecular flexibility index (Phi) is 4.73. The molecule has 0 bridgehead atoms. The molecule has 2 N–H and O–H groups in total. The van der Waals surface area contributed by atoms with Crippen molar-refractivity contribution < 1.29 is 9.59 Å². The third-order valence-electron chi connectivity index (χ3n) is 3.23. The predicted octanol–water partition coefficient (Wildman–Crippen LogP) is -0.421. The summed E-state index contributed by atoms with van der Waals surface area (Å²) in [7, 11) is 3.43. The van der Waals surface area contributed by atoms with Gasteiger partial charge in [0.05, 0.1) is 6.04 Å². The number of hydrogen-bond acceptors (Lipinski definition) is 3. The Morgan fingerprint density at radius 2 is 1.81 bits per heavy atom. The lowest BCUT2D eigenvalue weighted by Crippen LogP contribution is -2.48. The minimum atomic E-state index is -0.142. The van der Waals surface area contributed by atoms with Crippen LogP contribution in [-0.4, -0.2) is 49.9 Å². The normalized spacial score (nSPS) is 19.3. The molecular weight excluding hydrogens is 206 g/mol. The summed E-state index contributed by atoms with van der Waals surface area (Å²) >= 11 is 0. The van der Waals surface area contributed by atoms with Gasteiger partial charge >= 0.3 is 0 Å². The second-order valence-corrected chi connectivity index (χ2v) is 4.22. The fraction of sp³-hybridized carbons (Fsp3) is 0.818. The summed E-state index contributed by atoms with van der Waals surface area (Å²) in [5.41, 5.74) is 0. The van der Waals surface area contributed by atoms with E-state index in [-0.39, 0.29) is 23.8 Å². The van der Waals surface area contributed by atoms with Crippen LogP contribution in [0.25, 0.3) is 0 Å². The van der Waals surface area contributed by atoms with Crippen LogP contribution in [0.1, 0.15) is 19.8 Å². The maximum Gasteiger partial charge on any atom is 0.239 e. The standard InChI is InChI=1S/C11H21N3O2/c1-8(12-2)11(16)14-6-4-9(5-7-14)10(15)13-3/h8-9,12H,4-7H2,1-3H3,(H,13,15). The fourth-order valence-electron chi connectivity index (χ4n) is 1.96. The van der Waals surface area contributed by atoms with Crippen molar-refractivity contribution in [2.75, 3.05) is 27.2 Å². The van der Waals surface area contributed by atoms with Crippen LogP contribution in [0, 0.1) is 5.92 Å². The van der Waals surface area contributed by atoms with Crippen molar-refractivity contribution in [3.05, 3.63) is 0 Å². The van der Waals surface area contributed by atoms with Gasteiger partial charge in [-0.05, 0) is 26.8 Å². The molecule has 5 nitrogen and oxygen atoms in total. The Bertz CT molecular complexity index is 260.